The molecule has 7 aromatic rings. The molecule has 0 saturated heterocycles. The van der Waals surface area contributed by atoms with E-state index in [0.717, 1.165) is 0 Å². The van der Waals surface area contributed by atoms with E-state index >= 15 is 0 Å². The van der Waals surface area contributed by atoms with Crippen LogP contribution in [0.2, 0.25) is 0 Å². The Bertz CT molecular complexity index is 1790. The first-order chi connectivity index (χ1) is 17.7. The molecule has 7 aromatic carbocycles. The second kappa shape index (κ2) is 10.8. The van der Waals surface area contributed by atoms with Crippen molar-refractivity contribution in [2.45, 2.75) is 13.8 Å². The fraction of sp³-hybridized carbons (Fsp3) is 0.0556. The third-order valence-corrected chi connectivity index (χ3v) is 6.95. The summed E-state index contributed by atoms with van der Waals surface area (Å²) < 4.78 is 0. The van der Waals surface area contributed by atoms with E-state index in [2.05, 4.69) is 147 Å². The van der Waals surface area contributed by atoms with Gasteiger partial charge in [0.2, 0.25) is 0 Å². The average Bonchev–Trinajstić information content (AvgIpc) is 3.49. The third-order valence-electron chi connectivity index (χ3n) is 6.95. The van der Waals surface area contributed by atoms with Crippen molar-refractivity contribution < 1.29 is 26.2 Å². The summed E-state index contributed by atoms with van der Waals surface area (Å²) in [5.74, 6) is 0. The van der Waals surface area contributed by atoms with Gasteiger partial charge in [0.25, 0.3) is 0 Å². The van der Waals surface area contributed by atoms with Crippen molar-refractivity contribution in [3.63, 3.8) is 0 Å². The summed E-state index contributed by atoms with van der Waals surface area (Å²) in [6.45, 7) is 4.31. The Hall–Kier alpha value is -3.54. The minimum absolute atomic E-state index is 0. The van der Waals surface area contributed by atoms with Crippen LogP contribution in [0.5, 0.6) is 0 Å². The Morgan fingerprint density at radius 2 is 0.919 bits per heavy atom. The zero-order valence-electron chi connectivity index (χ0n) is 21.2. The maximum absolute atomic E-state index is 2.28. The normalized spacial score (nSPS) is 10.8. The van der Waals surface area contributed by atoms with Crippen LogP contribution in [0.4, 0.5) is 0 Å². The second-order valence-electron chi connectivity index (χ2n) is 9.58. The first-order valence-corrected chi connectivity index (χ1v) is 12.5. The zero-order valence-corrected chi connectivity index (χ0v) is 23.7. The molecule has 0 bridgehead atoms. The van der Waals surface area contributed by atoms with Crippen molar-refractivity contribution in [1.82, 2.24) is 0 Å². The van der Waals surface area contributed by atoms with Gasteiger partial charge in [-0.3, -0.25) is 0 Å². The number of hydrogen-bond donors (Lipinski definition) is 0. The molecule has 0 saturated carbocycles. The molecule has 0 aliphatic carbocycles. The van der Waals surface area contributed by atoms with Gasteiger partial charge in [0.1, 0.15) is 0 Å². The van der Waals surface area contributed by atoms with Crippen LogP contribution in [-0.2, 0) is 26.2 Å². The van der Waals surface area contributed by atoms with Gasteiger partial charge in [-0.2, -0.15) is 12.1 Å². The van der Waals surface area contributed by atoms with Crippen LogP contribution in [0.25, 0.3) is 54.6 Å². The van der Waals surface area contributed by atoms with Gasteiger partial charge in [-0.15, -0.1) is 69.1 Å². The Morgan fingerprint density at radius 1 is 0.432 bits per heavy atom. The molecule has 176 valence electrons. The Balaban J connectivity index is 0.000000151. The van der Waals surface area contributed by atoms with E-state index in [1.165, 1.54) is 65.7 Å². The fourth-order valence-electron chi connectivity index (χ4n) is 5.33. The van der Waals surface area contributed by atoms with Gasteiger partial charge in [0.05, 0.1) is 0 Å². The van der Waals surface area contributed by atoms with Crippen LogP contribution in [-0.4, -0.2) is 0 Å². The minimum atomic E-state index is 0. The molecule has 7 rings (SSSR count). The summed E-state index contributed by atoms with van der Waals surface area (Å²) in [6, 6.07) is 47.8. The van der Waals surface area contributed by atoms with E-state index in [1.54, 1.807) is 0 Å². The quantitative estimate of drug-likeness (QED) is 0.188. The number of aryl methyl sites for hydroxylation is 2. The topological polar surface area (TPSA) is 0 Å². The Kier molecular flexibility index (Phi) is 7.36. The second-order valence-corrected chi connectivity index (χ2v) is 9.58. The van der Waals surface area contributed by atoms with Crippen LogP contribution >= 0.6 is 0 Å². The summed E-state index contributed by atoms with van der Waals surface area (Å²) in [7, 11) is 0. The van der Waals surface area contributed by atoms with Gasteiger partial charge in [0, 0.05) is 0 Å². The van der Waals surface area contributed by atoms with Crippen molar-refractivity contribution in [3.05, 3.63) is 145 Å². The maximum Gasteiger partial charge on any atom is 2.00 e. The van der Waals surface area contributed by atoms with Crippen LogP contribution in [0.1, 0.15) is 11.1 Å². The molecular formula is C36H28Zr. The van der Waals surface area contributed by atoms with E-state index < -0.39 is 0 Å². The number of benzene rings is 5. The number of fused-ring (bicyclic) bond motifs is 3. The van der Waals surface area contributed by atoms with Crippen molar-refractivity contribution in [1.29, 1.82) is 0 Å². The Morgan fingerprint density at radius 3 is 1.59 bits per heavy atom. The van der Waals surface area contributed by atoms with Crippen molar-refractivity contribution in [2.24, 2.45) is 0 Å². The molecule has 0 nitrogen and oxygen atoms in total. The molecule has 0 heterocycles. The molecule has 0 radical (unpaired) electrons. The molecule has 0 aromatic heterocycles. The van der Waals surface area contributed by atoms with Crippen LogP contribution in [0.3, 0.4) is 0 Å². The summed E-state index contributed by atoms with van der Waals surface area (Å²) in [4.78, 5) is 0. The van der Waals surface area contributed by atoms with Crippen LogP contribution in [0.15, 0.2) is 133 Å². The molecule has 37 heavy (non-hydrogen) atoms. The first kappa shape index (κ1) is 25.1. The van der Waals surface area contributed by atoms with Gasteiger partial charge in [0.15, 0.2) is 0 Å². The summed E-state index contributed by atoms with van der Waals surface area (Å²) in [5, 5.41) is 7.98. The van der Waals surface area contributed by atoms with E-state index in [4.69, 9.17) is 0 Å². The first-order valence-electron chi connectivity index (χ1n) is 12.5. The zero-order chi connectivity index (χ0) is 24.5. The van der Waals surface area contributed by atoms with E-state index in [9.17, 15) is 0 Å². The molecule has 0 N–H and O–H groups in total. The molecule has 0 atom stereocenters. The van der Waals surface area contributed by atoms with Crippen LogP contribution < -0.4 is 0 Å². The molecule has 1 heteroatoms. The van der Waals surface area contributed by atoms with E-state index in [-0.39, 0.29) is 26.2 Å². The molecule has 0 fully saturated rings. The predicted octanol–water partition coefficient (Wildman–Crippen LogP) is 10.2. The molecule has 0 unspecified atom stereocenters. The van der Waals surface area contributed by atoms with Crippen molar-refractivity contribution in [2.75, 3.05) is 0 Å². The van der Waals surface area contributed by atoms with Gasteiger partial charge in [-0.05, 0) is 21.9 Å². The monoisotopic (exact) mass is 550 g/mol. The molecule has 0 aliphatic rings. The summed E-state index contributed by atoms with van der Waals surface area (Å²) >= 11 is 0. The number of rotatable bonds is 2. The Labute approximate surface area is 238 Å². The van der Waals surface area contributed by atoms with Crippen molar-refractivity contribution in [3.8, 4) is 22.3 Å². The molecule has 0 amide bonds. The molecule has 0 aliphatic heterocycles. The summed E-state index contributed by atoms with van der Waals surface area (Å²) in [5.41, 5.74) is 7.92. The molecular weight excluding hydrogens is 524 g/mol. The third kappa shape index (κ3) is 5.02. The van der Waals surface area contributed by atoms with E-state index in [0.29, 0.717) is 0 Å². The minimum Gasteiger partial charge on any atom is -0.165 e. The predicted molar refractivity (Wildman–Crippen MR) is 157 cm³/mol. The average molecular weight is 552 g/mol. The van der Waals surface area contributed by atoms with E-state index in [1.807, 2.05) is 0 Å². The van der Waals surface area contributed by atoms with Crippen LogP contribution in [0, 0.1) is 13.8 Å². The largest absolute Gasteiger partial charge is 2.00 e. The van der Waals surface area contributed by atoms with Gasteiger partial charge in [-0.1, -0.05) is 110 Å². The van der Waals surface area contributed by atoms with Gasteiger partial charge >= 0.3 is 26.2 Å². The van der Waals surface area contributed by atoms with Gasteiger partial charge < -0.3 is 0 Å². The number of hydrogen-bond acceptors (Lipinski definition) is 0. The fourth-order valence-corrected chi connectivity index (χ4v) is 5.33. The van der Waals surface area contributed by atoms with Gasteiger partial charge in [-0.25, -0.2) is 0 Å². The maximum atomic E-state index is 2.28. The van der Waals surface area contributed by atoms with Crippen molar-refractivity contribution >= 4 is 32.3 Å². The standard InChI is InChI=1S/C20H15.C16H13.Zr/c1-14-12-16-8-5-11-19(20(16)13-14)18-10-4-7-15-6-2-3-9-17(15)18;1-12-10-14-8-5-9-15(16(14)11-12)13-6-3-2-4-7-13;/h2-13H,1H3;2-11H,1H3;/q2*-1;+2. The SMILES string of the molecule is Cc1cc2c(-c3cccc4ccccc34)cccc2[cH-]1.Cc1cc2c(-c3ccccc3)cccc2[cH-]1.[Zr+2]. The smallest absolute Gasteiger partial charge is 0.165 e. The molecule has 0 spiro atoms. The summed E-state index contributed by atoms with van der Waals surface area (Å²) in [6.07, 6.45) is 0.